The van der Waals surface area contributed by atoms with Crippen molar-refractivity contribution in [1.82, 2.24) is 0 Å². The summed E-state index contributed by atoms with van der Waals surface area (Å²) < 4.78 is 0. The van der Waals surface area contributed by atoms with E-state index in [1.54, 1.807) is 0 Å². The summed E-state index contributed by atoms with van der Waals surface area (Å²) in [4.78, 5) is 12.8. The highest BCUT2D eigenvalue weighted by atomic mass is 32.2. The van der Waals surface area contributed by atoms with Crippen LogP contribution in [-0.2, 0) is 0 Å². The first-order chi connectivity index (χ1) is 8.20. The summed E-state index contributed by atoms with van der Waals surface area (Å²) in [7, 11) is 0. The highest BCUT2D eigenvalue weighted by Gasteiger charge is 2.30. The molecule has 1 aromatic rings. The monoisotopic (exact) mass is 252 g/mol. The number of carbonyl (C=O) groups is 1. The minimum Gasteiger partial charge on any atom is -0.394 e. The van der Waals surface area contributed by atoms with E-state index < -0.39 is 6.10 Å². The second-order valence-electron chi connectivity index (χ2n) is 4.31. The van der Waals surface area contributed by atoms with Gasteiger partial charge >= 0.3 is 0 Å². The van der Waals surface area contributed by atoms with E-state index in [1.165, 1.54) is 11.8 Å². The maximum atomic E-state index is 11.8. The van der Waals surface area contributed by atoms with Gasteiger partial charge in [0, 0.05) is 22.1 Å². The Hall–Kier alpha value is -0.840. The fraction of sp³-hybridized carbons (Fsp3) is 0.462. The van der Waals surface area contributed by atoms with Gasteiger partial charge in [-0.15, -0.1) is 11.8 Å². The van der Waals surface area contributed by atoms with E-state index in [0.717, 1.165) is 23.3 Å². The van der Waals surface area contributed by atoms with E-state index in [1.807, 2.05) is 24.3 Å². The van der Waals surface area contributed by atoms with Gasteiger partial charge in [0.25, 0.3) is 0 Å². The maximum absolute atomic E-state index is 11.8. The van der Waals surface area contributed by atoms with Crippen molar-refractivity contribution >= 4 is 17.5 Å². The topological polar surface area (TPSA) is 57.5 Å². The molecule has 4 heteroatoms. The average molecular weight is 252 g/mol. The lowest BCUT2D eigenvalue weighted by molar-refractivity contribution is 0.0967. The van der Waals surface area contributed by atoms with Crippen molar-refractivity contribution in [2.24, 2.45) is 5.92 Å². The highest BCUT2D eigenvalue weighted by Crippen LogP contribution is 2.33. The van der Waals surface area contributed by atoms with Crippen LogP contribution < -0.4 is 0 Å². The zero-order chi connectivity index (χ0) is 12.3. The van der Waals surface area contributed by atoms with Gasteiger partial charge in [0.2, 0.25) is 0 Å². The largest absolute Gasteiger partial charge is 0.394 e. The van der Waals surface area contributed by atoms with E-state index in [9.17, 15) is 9.90 Å². The van der Waals surface area contributed by atoms with Crippen molar-refractivity contribution in [3.8, 4) is 0 Å². The molecule has 1 unspecified atom stereocenters. The molecule has 3 nitrogen and oxygen atoms in total. The molecular weight excluding hydrogens is 236 g/mol. The normalized spacial score (nSPS) is 16.8. The van der Waals surface area contributed by atoms with E-state index in [-0.39, 0.29) is 18.3 Å². The fourth-order valence-electron chi connectivity index (χ4n) is 1.54. The Morgan fingerprint density at radius 3 is 2.53 bits per heavy atom. The molecule has 0 aliphatic heterocycles. The minimum atomic E-state index is -0.687. The predicted octanol–water partition coefficient (Wildman–Crippen LogP) is 1.72. The molecule has 0 amide bonds. The first-order valence-electron chi connectivity index (χ1n) is 5.76. The van der Waals surface area contributed by atoms with Crippen LogP contribution in [0.2, 0.25) is 0 Å². The van der Waals surface area contributed by atoms with Gasteiger partial charge in [0.1, 0.15) is 0 Å². The lowest BCUT2D eigenvalue weighted by Crippen LogP contribution is -2.14. The van der Waals surface area contributed by atoms with Gasteiger partial charge in [-0.05, 0) is 25.0 Å². The highest BCUT2D eigenvalue weighted by molar-refractivity contribution is 7.99. The number of benzene rings is 1. The van der Waals surface area contributed by atoms with E-state index in [4.69, 9.17) is 5.11 Å². The van der Waals surface area contributed by atoms with Gasteiger partial charge in [-0.3, -0.25) is 4.79 Å². The molecule has 1 fully saturated rings. The van der Waals surface area contributed by atoms with Crippen LogP contribution in [0.5, 0.6) is 0 Å². The Kier molecular flexibility index (Phi) is 4.20. The van der Waals surface area contributed by atoms with Crippen LogP contribution in [0.3, 0.4) is 0 Å². The minimum absolute atomic E-state index is 0.217. The Labute approximate surface area is 105 Å². The van der Waals surface area contributed by atoms with E-state index >= 15 is 0 Å². The first kappa shape index (κ1) is 12.6. The van der Waals surface area contributed by atoms with Crippen LogP contribution in [-0.4, -0.2) is 34.5 Å². The number of carbonyl (C=O) groups excluding carboxylic acids is 1. The molecule has 0 bridgehead atoms. The van der Waals surface area contributed by atoms with E-state index in [2.05, 4.69) is 0 Å². The molecular formula is C13H16O3S. The molecule has 17 heavy (non-hydrogen) atoms. The second kappa shape index (κ2) is 5.67. The molecule has 1 aliphatic rings. The van der Waals surface area contributed by atoms with Crippen molar-refractivity contribution in [3.63, 3.8) is 0 Å². The number of ketones is 1. The molecule has 1 atom stereocenters. The number of rotatable bonds is 6. The summed E-state index contributed by atoms with van der Waals surface area (Å²) in [6.45, 7) is -0.217. The van der Waals surface area contributed by atoms with Crippen LogP contribution in [0.25, 0.3) is 0 Å². The molecule has 1 saturated carbocycles. The van der Waals surface area contributed by atoms with Crippen LogP contribution in [0.4, 0.5) is 0 Å². The third kappa shape index (κ3) is 3.56. The molecule has 2 rings (SSSR count). The van der Waals surface area contributed by atoms with Gasteiger partial charge in [-0.1, -0.05) is 12.1 Å². The van der Waals surface area contributed by atoms with E-state index in [0.29, 0.717) is 5.75 Å². The molecule has 0 radical (unpaired) electrons. The zero-order valence-corrected chi connectivity index (χ0v) is 10.3. The van der Waals surface area contributed by atoms with Gasteiger partial charge < -0.3 is 10.2 Å². The maximum Gasteiger partial charge on any atom is 0.165 e. The Bertz CT molecular complexity index is 384. The molecule has 92 valence electrons. The Balaban J connectivity index is 1.90. The molecule has 0 heterocycles. The quantitative estimate of drug-likeness (QED) is 0.598. The summed E-state index contributed by atoms with van der Waals surface area (Å²) in [5.74, 6) is 0.966. The van der Waals surface area contributed by atoms with Crippen molar-refractivity contribution in [2.45, 2.75) is 23.8 Å². The van der Waals surface area contributed by atoms with Crippen molar-refractivity contribution < 1.29 is 15.0 Å². The fourth-order valence-corrected chi connectivity index (χ4v) is 2.36. The molecule has 1 aliphatic carbocycles. The summed E-state index contributed by atoms with van der Waals surface area (Å²) in [6.07, 6.45) is 1.36. The Morgan fingerprint density at radius 2 is 2.00 bits per heavy atom. The number of hydrogen-bond acceptors (Lipinski definition) is 4. The standard InChI is InChI=1S/C13H16O3S/c14-7-11(15)8-17-12-5-3-10(4-6-12)13(16)9-1-2-9/h3-6,9,11,14-15H,1-2,7-8H2. The van der Waals surface area contributed by atoms with Crippen LogP contribution in [0.15, 0.2) is 29.2 Å². The Morgan fingerprint density at radius 1 is 1.35 bits per heavy atom. The van der Waals surface area contributed by atoms with Crippen LogP contribution >= 0.6 is 11.8 Å². The third-order valence-electron chi connectivity index (χ3n) is 2.74. The summed E-state index contributed by atoms with van der Waals surface area (Å²) in [5.41, 5.74) is 0.777. The molecule has 0 spiro atoms. The summed E-state index contributed by atoms with van der Waals surface area (Å²) in [5, 5.41) is 17.9. The first-order valence-corrected chi connectivity index (χ1v) is 6.75. The molecule has 0 saturated heterocycles. The summed E-state index contributed by atoms with van der Waals surface area (Å²) in [6, 6.07) is 7.47. The average Bonchev–Trinajstić information content (AvgIpc) is 3.20. The molecule has 2 N–H and O–H groups in total. The lowest BCUT2D eigenvalue weighted by atomic mass is 10.1. The lowest BCUT2D eigenvalue weighted by Gasteiger charge is -2.06. The number of aliphatic hydroxyl groups excluding tert-OH is 2. The van der Waals surface area contributed by atoms with Crippen molar-refractivity contribution in [3.05, 3.63) is 29.8 Å². The summed E-state index contributed by atoms with van der Waals surface area (Å²) >= 11 is 1.48. The smallest absolute Gasteiger partial charge is 0.165 e. The van der Waals surface area contributed by atoms with Gasteiger partial charge in [0.05, 0.1) is 12.7 Å². The third-order valence-corrected chi connectivity index (χ3v) is 3.90. The molecule has 0 aromatic heterocycles. The van der Waals surface area contributed by atoms with Gasteiger partial charge in [0.15, 0.2) is 5.78 Å². The number of thioether (sulfide) groups is 1. The van der Waals surface area contributed by atoms with Crippen molar-refractivity contribution in [2.75, 3.05) is 12.4 Å². The van der Waals surface area contributed by atoms with Gasteiger partial charge in [-0.2, -0.15) is 0 Å². The van der Waals surface area contributed by atoms with Crippen molar-refractivity contribution in [1.29, 1.82) is 0 Å². The number of Topliss-reactive ketones (excluding diaryl/α,β-unsaturated/α-hetero) is 1. The van der Waals surface area contributed by atoms with Crippen LogP contribution in [0, 0.1) is 5.92 Å². The zero-order valence-electron chi connectivity index (χ0n) is 9.50. The number of hydrogen-bond donors (Lipinski definition) is 2. The predicted molar refractivity (Wildman–Crippen MR) is 67.3 cm³/mol. The second-order valence-corrected chi connectivity index (χ2v) is 5.40. The SMILES string of the molecule is O=C(c1ccc(SCC(O)CO)cc1)C1CC1. The number of aliphatic hydroxyl groups is 2. The van der Waals surface area contributed by atoms with Crippen LogP contribution in [0.1, 0.15) is 23.2 Å². The molecule has 1 aromatic carbocycles. The van der Waals surface area contributed by atoms with Gasteiger partial charge in [-0.25, -0.2) is 0 Å².